The van der Waals surface area contributed by atoms with Crippen molar-refractivity contribution in [1.29, 1.82) is 5.26 Å². The van der Waals surface area contributed by atoms with Crippen LogP contribution in [-0.2, 0) is 0 Å². The second kappa shape index (κ2) is 6.30. The van der Waals surface area contributed by atoms with Gasteiger partial charge in [-0.15, -0.1) is 0 Å². The minimum absolute atomic E-state index is 0.0690. The first-order valence-corrected chi connectivity index (χ1v) is 6.78. The first kappa shape index (κ1) is 15.6. The summed E-state index contributed by atoms with van der Waals surface area (Å²) in [7, 11) is 0. The summed E-state index contributed by atoms with van der Waals surface area (Å²) in [5.74, 6) is -1.16. The van der Waals surface area contributed by atoms with E-state index in [1.54, 1.807) is 6.92 Å². The normalized spacial score (nSPS) is 11.8. The van der Waals surface area contributed by atoms with E-state index >= 15 is 0 Å². The molecule has 1 N–H and O–H groups in total. The molecule has 1 atom stereocenters. The molecule has 2 aromatic carbocycles. The van der Waals surface area contributed by atoms with Crippen molar-refractivity contribution in [3.05, 3.63) is 63.1 Å². The predicted molar refractivity (Wildman–Crippen MR) is 79.6 cm³/mol. The molecule has 2 rings (SSSR count). The number of hydrogen-bond donors (Lipinski definition) is 1. The van der Waals surface area contributed by atoms with Crippen molar-refractivity contribution in [1.82, 2.24) is 0 Å². The Bertz CT molecular complexity index is 726. The molecule has 2 aromatic rings. The maximum Gasteiger partial charge on any atom is 0.147 e. The Morgan fingerprint density at radius 1 is 1.10 bits per heavy atom. The van der Waals surface area contributed by atoms with E-state index in [1.165, 1.54) is 24.3 Å². The van der Waals surface area contributed by atoms with Gasteiger partial charge in [0.1, 0.15) is 11.6 Å². The van der Waals surface area contributed by atoms with Gasteiger partial charge in [0.15, 0.2) is 0 Å². The van der Waals surface area contributed by atoms with E-state index in [4.69, 9.17) is 28.5 Å². The number of halogens is 4. The monoisotopic (exact) mass is 326 g/mol. The van der Waals surface area contributed by atoms with E-state index in [2.05, 4.69) is 5.32 Å². The van der Waals surface area contributed by atoms with Gasteiger partial charge in [-0.05, 0) is 42.8 Å². The standard InChI is InChI=1S/C15H10Cl2F2N2/c1-8(10-5-13(18)12(17)6-11(10)16)21-15-3-2-9(7-20)4-14(15)19/h2-6,8,21H,1H3. The van der Waals surface area contributed by atoms with Crippen LogP contribution in [0, 0.1) is 23.0 Å². The Morgan fingerprint density at radius 2 is 1.81 bits per heavy atom. The van der Waals surface area contributed by atoms with E-state index in [0.29, 0.717) is 5.56 Å². The first-order chi connectivity index (χ1) is 9.92. The summed E-state index contributed by atoms with van der Waals surface area (Å²) < 4.78 is 27.3. The summed E-state index contributed by atoms with van der Waals surface area (Å²) in [5, 5.41) is 11.8. The Kier molecular flexibility index (Phi) is 4.66. The van der Waals surface area contributed by atoms with Crippen molar-refractivity contribution in [3.8, 4) is 6.07 Å². The van der Waals surface area contributed by atoms with Crippen LogP contribution in [0.15, 0.2) is 30.3 Å². The number of anilines is 1. The van der Waals surface area contributed by atoms with Gasteiger partial charge in [-0.25, -0.2) is 8.78 Å². The topological polar surface area (TPSA) is 35.8 Å². The zero-order valence-electron chi connectivity index (χ0n) is 10.9. The number of benzene rings is 2. The zero-order valence-corrected chi connectivity index (χ0v) is 12.4. The molecule has 21 heavy (non-hydrogen) atoms. The molecule has 6 heteroatoms. The molecule has 0 fully saturated rings. The van der Waals surface area contributed by atoms with Gasteiger partial charge in [0.2, 0.25) is 0 Å². The second-order valence-electron chi connectivity index (χ2n) is 4.46. The lowest BCUT2D eigenvalue weighted by atomic mass is 10.1. The lowest BCUT2D eigenvalue weighted by Gasteiger charge is -2.18. The number of rotatable bonds is 3. The highest BCUT2D eigenvalue weighted by molar-refractivity contribution is 6.35. The largest absolute Gasteiger partial charge is 0.376 e. The van der Waals surface area contributed by atoms with Crippen molar-refractivity contribution in [2.75, 3.05) is 5.32 Å². The van der Waals surface area contributed by atoms with E-state index in [1.807, 2.05) is 6.07 Å². The van der Waals surface area contributed by atoms with Gasteiger partial charge in [0, 0.05) is 5.02 Å². The highest BCUT2D eigenvalue weighted by atomic mass is 35.5. The van der Waals surface area contributed by atoms with Crippen LogP contribution in [-0.4, -0.2) is 0 Å². The molecule has 108 valence electrons. The van der Waals surface area contributed by atoms with Gasteiger partial charge < -0.3 is 5.32 Å². The molecule has 0 aromatic heterocycles. The van der Waals surface area contributed by atoms with Crippen LogP contribution in [0.5, 0.6) is 0 Å². The van der Waals surface area contributed by atoms with Crippen LogP contribution in [0.1, 0.15) is 24.1 Å². The molecular weight excluding hydrogens is 317 g/mol. The summed E-state index contributed by atoms with van der Waals surface area (Å²) in [5.41, 5.74) is 0.886. The van der Waals surface area contributed by atoms with Crippen molar-refractivity contribution in [3.63, 3.8) is 0 Å². The molecule has 0 amide bonds. The van der Waals surface area contributed by atoms with E-state index in [9.17, 15) is 8.78 Å². The maximum absolute atomic E-state index is 13.8. The minimum atomic E-state index is -0.593. The van der Waals surface area contributed by atoms with Gasteiger partial charge in [0.05, 0.1) is 28.4 Å². The highest BCUT2D eigenvalue weighted by Crippen LogP contribution is 2.31. The fourth-order valence-electron chi connectivity index (χ4n) is 1.88. The van der Waals surface area contributed by atoms with Crippen molar-refractivity contribution >= 4 is 28.9 Å². The Balaban J connectivity index is 2.28. The molecule has 0 spiro atoms. The van der Waals surface area contributed by atoms with Gasteiger partial charge in [-0.3, -0.25) is 0 Å². The smallest absolute Gasteiger partial charge is 0.147 e. The fourth-order valence-corrected chi connectivity index (χ4v) is 2.43. The number of hydrogen-bond acceptors (Lipinski definition) is 2. The molecule has 0 heterocycles. The Hall–Kier alpha value is -1.83. The lowest BCUT2D eigenvalue weighted by Crippen LogP contribution is -2.09. The van der Waals surface area contributed by atoms with Gasteiger partial charge >= 0.3 is 0 Å². The highest BCUT2D eigenvalue weighted by Gasteiger charge is 2.15. The van der Waals surface area contributed by atoms with E-state index in [0.717, 1.165) is 6.07 Å². The summed E-state index contributed by atoms with van der Waals surface area (Å²) >= 11 is 11.7. The third-order valence-corrected chi connectivity index (χ3v) is 3.59. The maximum atomic E-state index is 13.8. The minimum Gasteiger partial charge on any atom is -0.376 e. The summed E-state index contributed by atoms with van der Waals surface area (Å²) in [4.78, 5) is 0. The van der Waals surface area contributed by atoms with E-state index in [-0.39, 0.29) is 21.3 Å². The molecule has 1 unspecified atom stereocenters. The molecule has 0 radical (unpaired) electrons. The summed E-state index contributed by atoms with van der Waals surface area (Å²) in [6.07, 6.45) is 0. The number of nitrogens with zero attached hydrogens (tertiary/aromatic N) is 1. The molecule has 0 saturated carbocycles. The second-order valence-corrected chi connectivity index (χ2v) is 5.27. The van der Waals surface area contributed by atoms with Gasteiger partial charge in [0.25, 0.3) is 0 Å². The van der Waals surface area contributed by atoms with Crippen molar-refractivity contribution in [2.24, 2.45) is 0 Å². The number of nitriles is 1. The third kappa shape index (κ3) is 3.44. The van der Waals surface area contributed by atoms with Crippen LogP contribution >= 0.6 is 23.2 Å². The molecule has 0 saturated heterocycles. The number of nitrogens with one attached hydrogen (secondary N) is 1. The molecule has 0 aliphatic carbocycles. The quantitative estimate of drug-likeness (QED) is 0.775. The Labute approximate surface area is 130 Å². The predicted octanol–water partition coefficient (Wildman–Crippen LogP) is 5.32. The van der Waals surface area contributed by atoms with Crippen LogP contribution < -0.4 is 5.32 Å². The molecule has 0 aliphatic heterocycles. The molecule has 0 bridgehead atoms. The summed E-state index contributed by atoms with van der Waals surface area (Å²) in [6, 6.07) is 7.99. The van der Waals surface area contributed by atoms with Crippen LogP contribution in [0.2, 0.25) is 10.0 Å². The zero-order chi connectivity index (χ0) is 15.6. The summed E-state index contributed by atoms with van der Waals surface area (Å²) in [6.45, 7) is 1.71. The van der Waals surface area contributed by atoms with Crippen LogP contribution in [0.25, 0.3) is 0 Å². The third-order valence-electron chi connectivity index (χ3n) is 2.98. The lowest BCUT2D eigenvalue weighted by molar-refractivity contribution is 0.621. The van der Waals surface area contributed by atoms with Gasteiger partial charge in [-0.1, -0.05) is 23.2 Å². The fraction of sp³-hybridized carbons (Fsp3) is 0.133. The van der Waals surface area contributed by atoms with Gasteiger partial charge in [-0.2, -0.15) is 5.26 Å². The molecular formula is C15H10Cl2F2N2. The average molecular weight is 327 g/mol. The molecule has 2 nitrogen and oxygen atoms in total. The van der Waals surface area contributed by atoms with Crippen molar-refractivity contribution in [2.45, 2.75) is 13.0 Å². The SMILES string of the molecule is CC(Nc1ccc(C#N)cc1F)c1cc(F)c(Cl)cc1Cl. The Morgan fingerprint density at radius 3 is 2.43 bits per heavy atom. The first-order valence-electron chi connectivity index (χ1n) is 6.03. The average Bonchev–Trinajstić information content (AvgIpc) is 2.44. The van der Waals surface area contributed by atoms with Crippen LogP contribution in [0.4, 0.5) is 14.5 Å². The molecule has 0 aliphatic rings. The van der Waals surface area contributed by atoms with Crippen molar-refractivity contribution < 1.29 is 8.78 Å². The van der Waals surface area contributed by atoms with Crippen LogP contribution in [0.3, 0.4) is 0 Å². The van der Waals surface area contributed by atoms with E-state index < -0.39 is 17.7 Å².